The molecule has 2 rings (SSSR count). The van der Waals surface area contributed by atoms with Crippen LogP contribution in [0.15, 0.2) is 65.8 Å². The van der Waals surface area contributed by atoms with Gasteiger partial charge in [0, 0.05) is 0 Å². The molecular formula is C18H19N3O2S. The number of ether oxygens (including phenoxy) is 1. The third-order valence-corrected chi connectivity index (χ3v) is 3.32. The molecule has 0 aromatic heterocycles. The van der Waals surface area contributed by atoms with Crippen LogP contribution in [-0.4, -0.2) is 23.9 Å². The van der Waals surface area contributed by atoms with Crippen molar-refractivity contribution in [3.63, 3.8) is 0 Å². The molecule has 6 heteroatoms. The van der Waals surface area contributed by atoms with Crippen LogP contribution < -0.4 is 10.7 Å². The Balaban J connectivity index is 1.99. The normalized spacial score (nSPS) is 11.7. The van der Waals surface area contributed by atoms with E-state index in [4.69, 9.17) is 17.0 Å². The topological polar surface area (TPSA) is 62.7 Å². The molecule has 0 spiro atoms. The Morgan fingerprint density at radius 3 is 2.42 bits per heavy atom. The second-order valence-electron chi connectivity index (χ2n) is 4.85. The number of carbonyl (C=O) groups is 1. The third-order valence-electron chi connectivity index (χ3n) is 3.11. The van der Waals surface area contributed by atoms with Crippen molar-refractivity contribution in [2.45, 2.75) is 13.0 Å². The summed E-state index contributed by atoms with van der Waals surface area (Å²) < 4.78 is 5.11. The molecule has 5 nitrogen and oxygen atoms in total. The molecule has 0 fully saturated rings. The Labute approximate surface area is 146 Å². The lowest BCUT2D eigenvalue weighted by molar-refractivity contribution is -0.145. The van der Waals surface area contributed by atoms with Gasteiger partial charge in [0.15, 0.2) is 11.2 Å². The number of hydrazone groups is 1. The van der Waals surface area contributed by atoms with E-state index in [-0.39, 0.29) is 11.1 Å². The average Bonchev–Trinajstić information content (AvgIpc) is 2.61. The minimum Gasteiger partial charge on any atom is -0.464 e. The molecule has 0 bridgehead atoms. The number of esters is 1. The van der Waals surface area contributed by atoms with Gasteiger partial charge in [0.1, 0.15) is 0 Å². The molecule has 124 valence electrons. The van der Waals surface area contributed by atoms with Crippen LogP contribution in [0.3, 0.4) is 0 Å². The van der Waals surface area contributed by atoms with E-state index >= 15 is 0 Å². The van der Waals surface area contributed by atoms with Crippen molar-refractivity contribution in [3.8, 4) is 0 Å². The molecule has 0 amide bonds. The number of nitrogens with zero attached hydrogens (tertiary/aromatic N) is 1. The van der Waals surface area contributed by atoms with Crippen molar-refractivity contribution in [2.24, 2.45) is 5.10 Å². The number of rotatable bonds is 6. The first-order chi connectivity index (χ1) is 11.7. The van der Waals surface area contributed by atoms with E-state index in [9.17, 15) is 4.79 Å². The molecule has 24 heavy (non-hydrogen) atoms. The summed E-state index contributed by atoms with van der Waals surface area (Å²) in [5.41, 5.74) is 4.42. The highest BCUT2D eigenvalue weighted by molar-refractivity contribution is 7.80. The van der Waals surface area contributed by atoms with Crippen molar-refractivity contribution >= 4 is 29.5 Å². The van der Waals surface area contributed by atoms with Gasteiger partial charge in [-0.2, -0.15) is 5.10 Å². The molecule has 1 atom stereocenters. The van der Waals surface area contributed by atoms with Gasteiger partial charge in [-0.25, -0.2) is 4.79 Å². The quantitative estimate of drug-likeness (QED) is 0.366. The van der Waals surface area contributed by atoms with Gasteiger partial charge in [-0.3, -0.25) is 5.43 Å². The van der Waals surface area contributed by atoms with Crippen LogP contribution >= 0.6 is 12.2 Å². The highest BCUT2D eigenvalue weighted by Gasteiger charge is 2.22. The van der Waals surface area contributed by atoms with Gasteiger partial charge < -0.3 is 10.1 Å². The van der Waals surface area contributed by atoms with Crippen LogP contribution in [0.2, 0.25) is 0 Å². The number of hydrogen-bond acceptors (Lipinski definition) is 4. The van der Waals surface area contributed by atoms with Crippen LogP contribution in [0.4, 0.5) is 0 Å². The summed E-state index contributed by atoms with van der Waals surface area (Å²) in [5, 5.41) is 7.24. The fourth-order valence-electron chi connectivity index (χ4n) is 2.02. The van der Waals surface area contributed by atoms with Crippen molar-refractivity contribution in [3.05, 3.63) is 71.8 Å². The molecular weight excluding hydrogens is 322 g/mol. The van der Waals surface area contributed by atoms with Gasteiger partial charge in [0.2, 0.25) is 0 Å². The predicted octanol–water partition coefficient (Wildman–Crippen LogP) is 2.79. The first-order valence-corrected chi connectivity index (χ1v) is 7.97. The van der Waals surface area contributed by atoms with E-state index in [0.29, 0.717) is 6.61 Å². The minimum absolute atomic E-state index is 0.240. The zero-order valence-electron chi connectivity index (χ0n) is 13.3. The smallest absolute Gasteiger partial charge is 0.333 e. The monoisotopic (exact) mass is 341 g/mol. The number of hydrogen-bond donors (Lipinski definition) is 2. The van der Waals surface area contributed by atoms with Crippen LogP contribution in [-0.2, 0) is 9.53 Å². The van der Waals surface area contributed by atoms with Crippen molar-refractivity contribution in [1.29, 1.82) is 0 Å². The molecule has 2 N–H and O–H groups in total. The van der Waals surface area contributed by atoms with E-state index in [1.54, 1.807) is 13.1 Å². The second kappa shape index (κ2) is 9.42. The minimum atomic E-state index is -0.682. The van der Waals surface area contributed by atoms with Crippen LogP contribution in [0.1, 0.15) is 24.1 Å². The van der Waals surface area contributed by atoms with Crippen molar-refractivity contribution in [1.82, 2.24) is 10.7 Å². The van der Waals surface area contributed by atoms with Gasteiger partial charge >= 0.3 is 5.97 Å². The Morgan fingerprint density at radius 1 is 1.17 bits per heavy atom. The van der Waals surface area contributed by atoms with Crippen molar-refractivity contribution in [2.75, 3.05) is 6.61 Å². The summed E-state index contributed by atoms with van der Waals surface area (Å²) in [4.78, 5) is 12.2. The maximum atomic E-state index is 12.2. The maximum Gasteiger partial charge on any atom is 0.333 e. The summed E-state index contributed by atoms with van der Waals surface area (Å²) in [5.74, 6) is -0.389. The maximum absolute atomic E-state index is 12.2. The number of carbonyl (C=O) groups excluding carboxylic acids is 1. The standard InChI is InChI=1S/C18H19N3O2S/c1-2-23-17(22)16(15-11-7-4-8-12-15)20-18(24)21-19-13-14-9-5-3-6-10-14/h3-13,16H,2H2,1H3,(H2,20,21,24)/b19-13-/t16-/m0/s1. The first-order valence-electron chi connectivity index (χ1n) is 7.57. The van der Waals surface area contributed by atoms with Crippen LogP contribution in [0, 0.1) is 0 Å². The van der Waals surface area contributed by atoms with E-state index < -0.39 is 6.04 Å². The van der Waals surface area contributed by atoms with Gasteiger partial charge in [0.25, 0.3) is 0 Å². The fraction of sp³-hybridized carbons (Fsp3) is 0.167. The molecule has 2 aromatic rings. The number of thiocarbonyl (C=S) groups is 1. The Morgan fingerprint density at radius 2 is 1.79 bits per heavy atom. The zero-order chi connectivity index (χ0) is 17.2. The highest BCUT2D eigenvalue weighted by atomic mass is 32.1. The summed E-state index contributed by atoms with van der Waals surface area (Å²) in [7, 11) is 0. The molecule has 0 aliphatic rings. The van der Waals surface area contributed by atoms with E-state index in [1.165, 1.54) is 0 Å². The molecule has 0 aliphatic carbocycles. The Hall–Kier alpha value is -2.73. The van der Waals surface area contributed by atoms with Crippen molar-refractivity contribution < 1.29 is 9.53 Å². The predicted molar refractivity (Wildman–Crippen MR) is 98.7 cm³/mol. The largest absolute Gasteiger partial charge is 0.464 e. The molecule has 0 radical (unpaired) electrons. The molecule has 0 saturated heterocycles. The van der Waals surface area contributed by atoms with Gasteiger partial charge in [-0.1, -0.05) is 60.7 Å². The average molecular weight is 341 g/mol. The van der Waals surface area contributed by atoms with Crippen LogP contribution in [0.25, 0.3) is 0 Å². The first kappa shape index (κ1) is 17.6. The molecule has 0 heterocycles. The lowest BCUT2D eigenvalue weighted by Gasteiger charge is -2.18. The van der Waals surface area contributed by atoms with Gasteiger partial charge in [0.05, 0.1) is 12.8 Å². The molecule has 0 unspecified atom stereocenters. The number of nitrogens with one attached hydrogen (secondary N) is 2. The molecule has 2 aromatic carbocycles. The summed E-state index contributed by atoms with van der Waals surface area (Å²) in [6, 6.07) is 18.2. The molecule has 0 aliphatic heterocycles. The third kappa shape index (κ3) is 5.48. The highest BCUT2D eigenvalue weighted by Crippen LogP contribution is 2.14. The lowest BCUT2D eigenvalue weighted by Crippen LogP contribution is -2.39. The van der Waals surface area contributed by atoms with E-state index in [1.807, 2.05) is 60.7 Å². The van der Waals surface area contributed by atoms with Crippen LogP contribution in [0.5, 0.6) is 0 Å². The second-order valence-corrected chi connectivity index (χ2v) is 5.26. The fourth-order valence-corrected chi connectivity index (χ4v) is 2.19. The Kier molecular flexibility index (Phi) is 6.91. The number of benzene rings is 2. The summed E-state index contributed by atoms with van der Waals surface area (Å²) >= 11 is 5.21. The summed E-state index contributed by atoms with van der Waals surface area (Å²) in [6.07, 6.45) is 1.65. The summed E-state index contributed by atoms with van der Waals surface area (Å²) in [6.45, 7) is 2.07. The lowest BCUT2D eigenvalue weighted by atomic mass is 10.1. The van der Waals surface area contributed by atoms with Gasteiger partial charge in [-0.05, 0) is 30.3 Å². The zero-order valence-corrected chi connectivity index (χ0v) is 14.1. The Bertz CT molecular complexity index is 690. The van der Waals surface area contributed by atoms with Gasteiger partial charge in [-0.15, -0.1) is 0 Å². The van der Waals surface area contributed by atoms with E-state index in [0.717, 1.165) is 11.1 Å². The van der Waals surface area contributed by atoms with E-state index in [2.05, 4.69) is 15.8 Å². The SMILES string of the molecule is CCOC(=O)[C@@H](NC(=S)N/N=C\c1ccccc1)c1ccccc1. The molecule has 0 saturated carbocycles.